The topological polar surface area (TPSA) is 37.4 Å². The lowest BCUT2D eigenvalue weighted by molar-refractivity contribution is -0.137. The minimum Gasteiger partial charge on any atom is -0.207 e. The van der Waals surface area contributed by atoms with Crippen LogP contribution in [0.3, 0.4) is 0 Å². The lowest BCUT2D eigenvalue weighted by atomic mass is 10.2. The minimum atomic E-state index is -4.58. The van der Waals surface area contributed by atoms with Crippen LogP contribution in [0.5, 0.6) is 0 Å². The van der Waals surface area contributed by atoms with E-state index in [4.69, 9.17) is 11.6 Å². The van der Waals surface area contributed by atoms with Crippen molar-refractivity contribution in [2.24, 2.45) is 0 Å². The van der Waals surface area contributed by atoms with Gasteiger partial charge in [0.15, 0.2) is 0 Å². The number of alkyl halides is 4. The van der Waals surface area contributed by atoms with E-state index in [2.05, 4.69) is 0 Å². The molecule has 0 fully saturated rings. The molecule has 0 aliphatic carbocycles. The SMILES string of the molecule is CC(CCl)N(C)S(=O)(=O)c1cccc(C(F)(F)F)c1. The average molecular weight is 316 g/mol. The second kappa shape index (κ2) is 5.68. The van der Waals surface area contributed by atoms with Crippen LogP contribution in [-0.4, -0.2) is 31.7 Å². The first kappa shape index (κ1) is 16.3. The van der Waals surface area contributed by atoms with Crippen molar-refractivity contribution in [2.75, 3.05) is 12.9 Å². The van der Waals surface area contributed by atoms with E-state index in [1.54, 1.807) is 6.92 Å². The fourth-order valence-corrected chi connectivity index (χ4v) is 3.03. The Labute approximate surface area is 115 Å². The van der Waals surface area contributed by atoms with E-state index in [-0.39, 0.29) is 5.88 Å². The average Bonchev–Trinajstić information content (AvgIpc) is 2.36. The van der Waals surface area contributed by atoms with Crippen molar-refractivity contribution in [3.05, 3.63) is 29.8 Å². The number of hydrogen-bond acceptors (Lipinski definition) is 2. The van der Waals surface area contributed by atoms with E-state index in [0.29, 0.717) is 6.07 Å². The molecule has 0 spiro atoms. The summed E-state index contributed by atoms with van der Waals surface area (Å²) >= 11 is 5.56. The normalized spacial score (nSPS) is 14.7. The van der Waals surface area contributed by atoms with Crippen LogP contribution in [0.2, 0.25) is 0 Å². The summed E-state index contributed by atoms with van der Waals surface area (Å²) in [6.45, 7) is 1.57. The molecule has 0 aromatic heterocycles. The maximum Gasteiger partial charge on any atom is 0.416 e. The molecule has 0 saturated heterocycles. The third-order valence-electron chi connectivity index (χ3n) is 2.68. The zero-order chi connectivity index (χ0) is 14.8. The van der Waals surface area contributed by atoms with Crippen LogP contribution in [0.25, 0.3) is 0 Å². The van der Waals surface area contributed by atoms with Gasteiger partial charge in [0.05, 0.1) is 10.5 Å². The lowest BCUT2D eigenvalue weighted by Gasteiger charge is -2.22. The number of benzene rings is 1. The highest BCUT2D eigenvalue weighted by Crippen LogP contribution is 2.31. The largest absolute Gasteiger partial charge is 0.416 e. The molecule has 1 aromatic carbocycles. The highest BCUT2D eigenvalue weighted by molar-refractivity contribution is 7.89. The summed E-state index contributed by atoms with van der Waals surface area (Å²) in [6.07, 6.45) is -4.58. The number of sulfonamides is 1. The molecule has 0 bridgehead atoms. The third-order valence-corrected chi connectivity index (χ3v) is 5.10. The third kappa shape index (κ3) is 3.61. The van der Waals surface area contributed by atoms with Gasteiger partial charge < -0.3 is 0 Å². The zero-order valence-electron chi connectivity index (χ0n) is 10.3. The molecule has 0 N–H and O–H groups in total. The molecular weight excluding hydrogens is 303 g/mol. The van der Waals surface area contributed by atoms with Gasteiger partial charge in [0.1, 0.15) is 0 Å². The molecule has 0 heterocycles. The van der Waals surface area contributed by atoms with E-state index in [1.807, 2.05) is 0 Å². The van der Waals surface area contributed by atoms with E-state index in [1.165, 1.54) is 7.05 Å². The number of hydrogen-bond donors (Lipinski definition) is 0. The maximum absolute atomic E-state index is 12.6. The van der Waals surface area contributed by atoms with Gasteiger partial charge in [0, 0.05) is 19.0 Å². The maximum atomic E-state index is 12.6. The molecule has 1 aromatic rings. The lowest BCUT2D eigenvalue weighted by Crippen LogP contribution is -2.36. The highest BCUT2D eigenvalue weighted by Gasteiger charge is 2.33. The van der Waals surface area contributed by atoms with Gasteiger partial charge >= 0.3 is 6.18 Å². The van der Waals surface area contributed by atoms with Crippen LogP contribution in [0.4, 0.5) is 13.2 Å². The molecule has 1 atom stereocenters. The number of nitrogens with zero attached hydrogens (tertiary/aromatic N) is 1. The summed E-state index contributed by atoms with van der Waals surface area (Å²) in [7, 11) is -2.70. The van der Waals surface area contributed by atoms with Gasteiger partial charge in [-0.15, -0.1) is 11.6 Å². The van der Waals surface area contributed by atoms with E-state index >= 15 is 0 Å². The van der Waals surface area contributed by atoms with E-state index in [0.717, 1.165) is 22.5 Å². The van der Waals surface area contributed by atoms with Gasteiger partial charge in [0.2, 0.25) is 10.0 Å². The standard InChI is InChI=1S/C11H13ClF3NO2S/c1-8(7-12)16(2)19(17,18)10-5-3-4-9(6-10)11(13,14)15/h3-6,8H,7H2,1-2H3. The quantitative estimate of drug-likeness (QED) is 0.801. The van der Waals surface area contributed by atoms with Crippen LogP contribution in [0.15, 0.2) is 29.2 Å². The predicted molar refractivity (Wildman–Crippen MR) is 66.6 cm³/mol. The van der Waals surface area contributed by atoms with Crippen molar-refractivity contribution in [2.45, 2.75) is 24.0 Å². The summed E-state index contributed by atoms with van der Waals surface area (Å²) in [5.41, 5.74) is -1.000. The van der Waals surface area contributed by atoms with Gasteiger partial charge in [-0.1, -0.05) is 6.07 Å². The van der Waals surface area contributed by atoms with Gasteiger partial charge in [-0.3, -0.25) is 0 Å². The van der Waals surface area contributed by atoms with Gasteiger partial charge in [-0.2, -0.15) is 17.5 Å². The predicted octanol–water partition coefficient (Wildman–Crippen LogP) is 2.95. The molecule has 3 nitrogen and oxygen atoms in total. The Kier molecular flexibility index (Phi) is 4.86. The van der Waals surface area contributed by atoms with E-state index < -0.39 is 32.7 Å². The molecule has 1 rings (SSSR count). The molecule has 0 amide bonds. The molecule has 0 radical (unpaired) electrons. The van der Waals surface area contributed by atoms with Gasteiger partial charge in [-0.05, 0) is 25.1 Å². The fraction of sp³-hybridized carbons (Fsp3) is 0.455. The van der Waals surface area contributed by atoms with Gasteiger partial charge in [-0.25, -0.2) is 8.42 Å². The Balaban J connectivity index is 3.23. The van der Waals surface area contributed by atoms with Crippen LogP contribution >= 0.6 is 11.6 Å². The zero-order valence-corrected chi connectivity index (χ0v) is 11.9. The molecule has 108 valence electrons. The Morgan fingerprint density at radius 3 is 2.42 bits per heavy atom. The van der Waals surface area contributed by atoms with Crippen molar-refractivity contribution < 1.29 is 21.6 Å². The van der Waals surface area contributed by atoms with Crippen molar-refractivity contribution in [3.63, 3.8) is 0 Å². The highest BCUT2D eigenvalue weighted by atomic mass is 35.5. The molecule has 19 heavy (non-hydrogen) atoms. The summed E-state index contributed by atoms with van der Waals surface area (Å²) in [5, 5.41) is 0. The first-order valence-electron chi connectivity index (χ1n) is 5.32. The summed E-state index contributed by atoms with van der Waals surface area (Å²) < 4.78 is 62.8. The second-order valence-electron chi connectivity index (χ2n) is 4.05. The van der Waals surface area contributed by atoms with Crippen LogP contribution in [-0.2, 0) is 16.2 Å². The molecular formula is C11H13ClF3NO2S. The van der Waals surface area contributed by atoms with Crippen molar-refractivity contribution >= 4 is 21.6 Å². The van der Waals surface area contributed by atoms with Crippen LogP contribution < -0.4 is 0 Å². The van der Waals surface area contributed by atoms with Crippen molar-refractivity contribution in [3.8, 4) is 0 Å². The summed E-state index contributed by atoms with van der Waals surface area (Å²) in [4.78, 5) is -0.401. The smallest absolute Gasteiger partial charge is 0.207 e. The Morgan fingerprint density at radius 1 is 1.37 bits per heavy atom. The van der Waals surface area contributed by atoms with Crippen molar-refractivity contribution in [1.29, 1.82) is 0 Å². The molecule has 1 unspecified atom stereocenters. The Morgan fingerprint density at radius 2 is 1.95 bits per heavy atom. The number of halogens is 4. The van der Waals surface area contributed by atoms with Crippen LogP contribution in [0, 0.1) is 0 Å². The summed E-state index contributed by atoms with van der Waals surface area (Å²) in [5.74, 6) is 0.0503. The number of rotatable bonds is 4. The first-order chi connectivity index (χ1) is 8.60. The minimum absolute atomic E-state index is 0.0503. The second-order valence-corrected chi connectivity index (χ2v) is 6.36. The van der Waals surface area contributed by atoms with Gasteiger partial charge in [0.25, 0.3) is 0 Å². The van der Waals surface area contributed by atoms with Crippen molar-refractivity contribution in [1.82, 2.24) is 4.31 Å². The Bertz CT molecular complexity index is 545. The molecule has 0 aliphatic heterocycles. The van der Waals surface area contributed by atoms with E-state index in [9.17, 15) is 21.6 Å². The Hall–Kier alpha value is -0.790. The molecule has 8 heteroatoms. The fourth-order valence-electron chi connectivity index (χ4n) is 1.33. The molecule has 0 saturated carbocycles. The van der Waals surface area contributed by atoms with Crippen LogP contribution in [0.1, 0.15) is 12.5 Å². The summed E-state index contributed by atoms with van der Waals surface area (Å²) in [6, 6.07) is 3.12. The molecule has 0 aliphatic rings. The monoisotopic (exact) mass is 315 g/mol. The first-order valence-corrected chi connectivity index (χ1v) is 7.29.